The zero-order chi connectivity index (χ0) is 37.5. The Hall–Kier alpha value is -4.83. The molecule has 0 spiro atoms. The molecule has 4 heteroatoms. The van der Waals surface area contributed by atoms with Gasteiger partial charge in [-0.3, -0.25) is 4.98 Å². The molecule has 4 nitrogen and oxygen atoms in total. The summed E-state index contributed by atoms with van der Waals surface area (Å²) in [5, 5.41) is 6.35. The second-order valence-corrected chi connectivity index (χ2v) is 12.7. The summed E-state index contributed by atoms with van der Waals surface area (Å²) < 4.78 is 0. The van der Waals surface area contributed by atoms with E-state index in [1.807, 2.05) is 25.3 Å². The van der Waals surface area contributed by atoms with Crippen molar-refractivity contribution in [3.05, 3.63) is 163 Å². The van der Waals surface area contributed by atoms with Crippen molar-refractivity contribution in [2.75, 3.05) is 6.54 Å². The first-order valence-electron chi connectivity index (χ1n) is 17.9. The summed E-state index contributed by atoms with van der Waals surface area (Å²) in [6.45, 7) is 32.2. The molecular formula is C46H64N4. The van der Waals surface area contributed by atoms with E-state index in [4.69, 9.17) is 5.73 Å². The minimum absolute atomic E-state index is 0.400. The van der Waals surface area contributed by atoms with Gasteiger partial charge in [0.2, 0.25) is 0 Å². The van der Waals surface area contributed by atoms with E-state index in [1.165, 1.54) is 44.5 Å². The molecule has 0 saturated carbocycles. The summed E-state index contributed by atoms with van der Waals surface area (Å²) in [6.07, 6.45) is 9.55. The fraction of sp³-hybridized carbons (Fsp3) is 0.326. The summed E-state index contributed by atoms with van der Waals surface area (Å²) in [7, 11) is 0. The first kappa shape index (κ1) is 43.2. The van der Waals surface area contributed by atoms with Crippen LogP contribution in [0.1, 0.15) is 75.8 Å². The van der Waals surface area contributed by atoms with Gasteiger partial charge < -0.3 is 16.4 Å². The van der Waals surface area contributed by atoms with Crippen LogP contribution in [0.2, 0.25) is 0 Å². The number of hydrogen-bond donors (Lipinski definition) is 3. The molecule has 4 N–H and O–H groups in total. The van der Waals surface area contributed by atoms with Crippen LogP contribution in [0.15, 0.2) is 135 Å². The lowest BCUT2D eigenvalue weighted by Crippen LogP contribution is -2.29. The molecule has 0 radical (unpaired) electrons. The third kappa shape index (κ3) is 16.0. The smallest absolute Gasteiger partial charge is 0.0704 e. The highest BCUT2D eigenvalue weighted by atomic mass is 14.9. The molecule has 2 atom stereocenters. The molecule has 4 aromatic rings. The fourth-order valence-electron chi connectivity index (χ4n) is 5.06. The molecule has 0 aliphatic rings. The SMILES string of the molecule is C=C(N[C@H](C)Cc1ccc(-c2ccc(CC)cc2CC)cc1)[C@@H](C)CC.C=CC.C=CNCC(=C)N.Cc1ccc(-c2ccccc2C)nc1. The van der Waals surface area contributed by atoms with E-state index >= 15 is 0 Å². The van der Waals surface area contributed by atoms with E-state index in [-0.39, 0.29) is 0 Å². The van der Waals surface area contributed by atoms with Crippen molar-refractivity contribution in [1.29, 1.82) is 0 Å². The summed E-state index contributed by atoms with van der Waals surface area (Å²) in [4.78, 5) is 4.41. The normalized spacial score (nSPS) is 11.0. The van der Waals surface area contributed by atoms with Crippen LogP contribution in [-0.4, -0.2) is 17.6 Å². The largest absolute Gasteiger partial charge is 0.401 e. The van der Waals surface area contributed by atoms with Gasteiger partial charge in [0.15, 0.2) is 0 Å². The highest BCUT2D eigenvalue weighted by Gasteiger charge is 2.10. The number of benzene rings is 3. The average molecular weight is 673 g/mol. The van der Waals surface area contributed by atoms with Gasteiger partial charge in [-0.05, 0) is 111 Å². The highest BCUT2D eigenvalue weighted by Crippen LogP contribution is 2.26. The first-order chi connectivity index (χ1) is 23.9. The summed E-state index contributed by atoms with van der Waals surface area (Å²) >= 11 is 0. The Balaban J connectivity index is 0.000000431. The predicted molar refractivity (Wildman–Crippen MR) is 222 cm³/mol. The second kappa shape index (κ2) is 24.3. The molecule has 0 aliphatic carbocycles. The van der Waals surface area contributed by atoms with Crippen LogP contribution >= 0.6 is 0 Å². The van der Waals surface area contributed by atoms with Crippen LogP contribution in [0.4, 0.5) is 0 Å². The van der Waals surface area contributed by atoms with Gasteiger partial charge in [-0.25, -0.2) is 0 Å². The molecule has 1 aromatic heterocycles. The molecule has 0 aliphatic heterocycles. The maximum atomic E-state index is 5.17. The quantitative estimate of drug-likeness (QED) is 0.124. The zero-order valence-corrected chi connectivity index (χ0v) is 32.3. The van der Waals surface area contributed by atoms with Crippen LogP contribution in [0.25, 0.3) is 22.4 Å². The van der Waals surface area contributed by atoms with Gasteiger partial charge in [-0.2, -0.15) is 0 Å². The Morgan fingerprint density at radius 3 is 1.98 bits per heavy atom. The van der Waals surface area contributed by atoms with Gasteiger partial charge in [0, 0.05) is 29.2 Å². The van der Waals surface area contributed by atoms with Gasteiger partial charge in [0.1, 0.15) is 0 Å². The standard InChI is InChI=1S/C25H35N.C13H13N.C5H10N2.C3H6/c1-7-18(4)20(6)26-19(5)16-22-10-13-24(14-11-22)25-15-12-21(8-2)17-23(25)9-3;1-10-7-8-13(14-9-10)12-6-4-3-5-11(12)2;1-3-7-4-5(2)6;1-3-2/h10-15,17-19,26H,6-9,16H2,1-5H3;3-9H,1-2H3;3,7H,1-2,4,6H2;3H,1H2,2H3/t18-,19+;;;/m0.../s1. The lowest BCUT2D eigenvalue weighted by atomic mass is 9.94. The van der Waals surface area contributed by atoms with Crippen molar-refractivity contribution in [3.63, 3.8) is 0 Å². The Labute approximate surface area is 305 Å². The lowest BCUT2D eigenvalue weighted by molar-refractivity contribution is 0.528. The van der Waals surface area contributed by atoms with Gasteiger partial charge in [0.25, 0.3) is 0 Å². The van der Waals surface area contributed by atoms with Gasteiger partial charge in [-0.15, -0.1) is 6.58 Å². The van der Waals surface area contributed by atoms with Gasteiger partial charge in [0.05, 0.1) is 12.2 Å². The van der Waals surface area contributed by atoms with E-state index in [1.54, 1.807) is 12.3 Å². The molecule has 0 amide bonds. The third-order valence-corrected chi connectivity index (χ3v) is 8.21. The zero-order valence-electron chi connectivity index (χ0n) is 32.3. The first-order valence-corrected chi connectivity index (χ1v) is 17.9. The molecule has 0 saturated heterocycles. The number of rotatable bonds is 13. The molecule has 0 unspecified atom stereocenters. The number of allylic oxidation sites excluding steroid dienone is 2. The number of nitrogens with one attached hydrogen (secondary N) is 2. The third-order valence-electron chi connectivity index (χ3n) is 8.21. The number of pyridine rings is 1. The number of nitrogens with two attached hydrogens (primary N) is 1. The van der Waals surface area contributed by atoms with E-state index in [9.17, 15) is 0 Å². The Kier molecular flexibility index (Phi) is 21.0. The van der Waals surface area contributed by atoms with Crippen molar-refractivity contribution < 1.29 is 0 Å². The van der Waals surface area contributed by atoms with Crippen molar-refractivity contribution >= 4 is 0 Å². The van der Waals surface area contributed by atoms with Gasteiger partial charge in [-0.1, -0.05) is 126 Å². The minimum atomic E-state index is 0.400. The van der Waals surface area contributed by atoms with Crippen molar-refractivity contribution in [1.82, 2.24) is 15.6 Å². The Morgan fingerprint density at radius 1 is 0.840 bits per heavy atom. The van der Waals surface area contributed by atoms with E-state index in [0.29, 0.717) is 24.2 Å². The molecule has 268 valence electrons. The van der Waals surface area contributed by atoms with Crippen LogP contribution in [0, 0.1) is 19.8 Å². The van der Waals surface area contributed by atoms with E-state index < -0.39 is 0 Å². The van der Waals surface area contributed by atoms with Crippen LogP contribution < -0.4 is 16.4 Å². The summed E-state index contributed by atoms with van der Waals surface area (Å²) in [5.74, 6) is 0.526. The fourth-order valence-corrected chi connectivity index (χ4v) is 5.06. The number of aryl methyl sites for hydroxylation is 4. The van der Waals surface area contributed by atoms with Crippen LogP contribution in [0.3, 0.4) is 0 Å². The number of hydrogen-bond acceptors (Lipinski definition) is 4. The number of nitrogens with zero attached hydrogens (tertiary/aromatic N) is 1. The lowest BCUT2D eigenvalue weighted by Gasteiger charge is -2.21. The van der Waals surface area contributed by atoms with E-state index in [0.717, 1.165) is 37.1 Å². The molecule has 3 aromatic carbocycles. The van der Waals surface area contributed by atoms with Gasteiger partial charge >= 0.3 is 0 Å². The molecule has 0 fully saturated rings. The van der Waals surface area contributed by atoms with Crippen molar-refractivity contribution in [2.45, 2.75) is 87.1 Å². The maximum absolute atomic E-state index is 5.17. The molecule has 4 rings (SSSR count). The van der Waals surface area contributed by atoms with Crippen molar-refractivity contribution in [3.8, 4) is 22.4 Å². The predicted octanol–water partition coefficient (Wildman–Crippen LogP) is 11.3. The maximum Gasteiger partial charge on any atom is 0.0704 e. The van der Waals surface area contributed by atoms with Crippen LogP contribution in [0.5, 0.6) is 0 Å². The molecular weight excluding hydrogens is 609 g/mol. The van der Waals surface area contributed by atoms with Crippen molar-refractivity contribution in [2.24, 2.45) is 11.7 Å². The summed E-state index contributed by atoms with van der Waals surface area (Å²) in [6, 6.07) is 28.8. The van der Waals surface area contributed by atoms with Crippen LogP contribution in [-0.2, 0) is 19.3 Å². The Bertz CT molecular complexity index is 1580. The number of aromatic nitrogens is 1. The molecule has 1 heterocycles. The van der Waals surface area contributed by atoms with E-state index in [2.05, 4.69) is 157 Å². The monoisotopic (exact) mass is 673 g/mol. The minimum Gasteiger partial charge on any atom is -0.401 e. The topological polar surface area (TPSA) is 63.0 Å². The molecule has 0 bridgehead atoms. The highest BCUT2D eigenvalue weighted by molar-refractivity contribution is 5.68. The molecule has 50 heavy (non-hydrogen) atoms. The summed E-state index contributed by atoms with van der Waals surface area (Å²) in [5.41, 5.74) is 18.6. The second-order valence-electron chi connectivity index (χ2n) is 12.7. The average Bonchev–Trinajstić information content (AvgIpc) is 3.12. The Morgan fingerprint density at radius 2 is 1.48 bits per heavy atom.